The number of rotatable bonds is 2. The molecule has 2 aliphatic heterocycles. The number of nitrogens with zero attached hydrogens (tertiary/aromatic N) is 2. The highest BCUT2D eigenvalue weighted by molar-refractivity contribution is 7.10. The number of thiophene rings is 1. The number of piperazine rings is 1. The largest absolute Gasteiger partial charge is 0.447 e. The van der Waals surface area contributed by atoms with E-state index in [0.717, 1.165) is 31.7 Å². The lowest BCUT2D eigenvalue weighted by Crippen LogP contribution is -2.51. The smallest absolute Gasteiger partial charge is 0.410 e. The molecule has 3 heterocycles. The third-order valence-corrected chi connectivity index (χ3v) is 4.47. The van der Waals surface area contributed by atoms with Gasteiger partial charge in [-0.1, -0.05) is 11.8 Å². The van der Waals surface area contributed by atoms with Crippen molar-refractivity contribution in [2.75, 3.05) is 32.8 Å². The molecular formula is C14H16N2O3S. The molecule has 106 valence electrons. The summed E-state index contributed by atoms with van der Waals surface area (Å²) in [7, 11) is 0. The van der Waals surface area contributed by atoms with Crippen molar-refractivity contribution in [1.29, 1.82) is 0 Å². The average molecular weight is 292 g/mol. The first-order valence-corrected chi connectivity index (χ1v) is 7.47. The van der Waals surface area contributed by atoms with Crippen LogP contribution in [0.25, 0.3) is 0 Å². The molecule has 3 rings (SSSR count). The molecule has 20 heavy (non-hydrogen) atoms. The Hall–Kier alpha value is -1.55. The number of carbonyl (C=O) groups is 1. The molecule has 1 aromatic heterocycles. The number of ether oxygens (including phenoxy) is 1. The summed E-state index contributed by atoms with van der Waals surface area (Å²) in [5, 5.41) is 10.7. The van der Waals surface area contributed by atoms with E-state index in [0.29, 0.717) is 6.61 Å². The SMILES string of the molecule is O=C1OCC2CN(Cc3cc(C#CCO)cs3)CCN12. The van der Waals surface area contributed by atoms with Crippen LogP contribution in [0.5, 0.6) is 0 Å². The van der Waals surface area contributed by atoms with Crippen LogP contribution in [0.2, 0.25) is 0 Å². The predicted octanol–water partition coefficient (Wildman–Crippen LogP) is 0.728. The highest BCUT2D eigenvalue weighted by Crippen LogP contribution is 2.21. The third-order valence-electron chi connectivity index (χ3n) is 3.55. The van der Waals surface area contributed by atoms with Crippen LogP contribution in [0, 0.1) is 11.8 Å². The molecule has 0 saturated carbocycles. The van der Waals surface area contributed by atoms with Gasteiger partial charge in [0.15, 0.2) is 0 Å². The lowest BCUT2D eigenvalue weighted by atomic mass is 10.2. The van der Waals surface area contributed by atoms with Gasteiger partial charge in [0.25, 0.3) is 0 Å². The molecule has 1 atom stereocenters. The van der Waals surface area contributed by atoms with Crippen molar-refractivity contribution in [2.45, 2.75) is 12.6 Å². The zero-order valence-electron chi connectivity index (χ0n) is 11.0. The Balaban J connectivity index is 1.59. The van der Waals surface area contributed by atoms with Crippen LogP contribution in [0.1, 0.15) is 10.4 Å². The molecule has 2 aliphatic rings. The summed E-state index contributed by atoms with van der Waals surface area (Å²) in [6.07, 6.45) is -0.174. The van der Waals surface area contributed by atoms with Gasteiger partial charge in [0.2, 0.25) is 0 Å². The van der Waals surface area contributed by atoms with Crippen molar-refractivity contribution in [2.24, 2.45) is 0 Å². The first kappa shape index (κ1) is 13.4. The Morgan fingerprint density at radius 3 is 3.25 bits per heavy atom. The topological polar surface area (TPSA) is 53.0 Å². The van der Waals surface area contributed by atoms with Crippen molar-refractivity contribution in [3.05, 3.63) is 21.9 Å². The van der Waals surface area contributed by atoms with Crippen LogP contribution in [0.3, 0.4) is 0 Å². The summed E-state index contributed by atoms with van der Waals surface area (Å²) in [5.74, 6) is 5.57. The lowest BCUT2D eigenvalue weighted by molar-refractivity contribution is 0.116. The van der Waals surface area contributed by atoms with E-state index in [1.54, 1.807) is 11.3 Å². The van der Waals surface area contributed by atoms with Gasteiger partial charge in [-0.3, -0.25) is 9.80 Å². The molecule has 1 amide bonds. The highest BCUT2D eigenvalue weighted by atomic mass is 32.1. The van der Waals surface area contributed by atoms with Gasteiger partial charge in [0, 0.05) is 42.0 Å². The number of amides is 1. The van der Waals surface area contributed by atoms with Crippen LogP contribution in [-0.2, 0) is 11.3 Å². The van der Waals surface area contributed by atoms with Crippen LogP contribution in [0.15, 0.2) is 11.4 Å². The quantitative estimate of drug-likeness (QED) is 0.817. The standard InChI is InChI=1S/C14H16N2O3S/c17-5-1-2-11-6-13(20-10-11)8-15-3-4-16-12(7-15)9-19-14(16)18/h6,10,12,17H,3-5,7-9H2. The normalized spacial score (nSPS) is 22.1. The predicted molar refractivity (Wildman–Crippen MR) is 75.4 cm³/mol. The van der Waals surface area contributed by atoms with Crippen LogP contribution < -0.4 is 0 Å². The molecule has 1 aromatic rings. The zero-order chi connectivity index (χ0) is 13.9. The minimum atomic E-state index is -0.174. The first-order valence-electron chi connectivity index (χ1n) is 6.59. The zero-order valence-corrected chi connectivity index (χ0v) is 11.9. The van der Waals surface area contributed by atoms with Crippen molar-refractivity contribution in [3.63, 3.8) is 0 Å². The molecule has 0 aromatic carbocycles. The first-order chi connectivity index (χ1) is 9.76. The Labute approximate surface area is 121 Å². The van der Waals surface area contributed by atoms with E-state index in [-0.39, 0.29) is 18.7 Å². The molecule has 0 bridgehead atoms. The fourth-order valence-electron chi connectivity index (χ4n) is 2.59. The maximum atomic E-state index is 11.4. The van der Waals surface area contributed by atoms with E-state index >= 15 is 0 Å². The van der Waals surface area contributed by atoms with E-state index in [1.807, 2.05) is 10.3 Å². The molecule has 1 unspecified atom stereocenters. The van der Waals surface area contributed by atoms with E-state index in [4.69, 9.17) is 9.84 Å². The van der Waals surface area contributed by atoms with Crippen LogP contribution in [0.4, 0.5) is 4.79 Å². The molecule has 0 spiro atoms. The van der Waals surface area contributed by atoms with Crippen molar-refractivity contribution in [1.82, 2.24) is 9.80 Å². The number of carbonyl (C=O) groups excluding carboxylic acids is 1. The third kappa shape index (κ3) is 2.80. The molecule has 0 aliphatic carbocycles. The molecule has 6 heteroatoms. The summed E-state index contributed by atoms with van der Waals surface area (Å²) >= 11 is 1.68. The Kier molecular flexibility index (Phi) is 3.92. The summed E-state index contributed by atoms with van der Waals surface area (Å²) in [6, 6.07) is 2.26. The number of aliphatic hydroxyl groups is 1. The number of hydrogen-bond acceptors (Lipinski definition) is 5. The summed E-state index contributed by atoms with van der Waals surface area (Å²) in [5.41, 5.74) is 0.956. The van der Waals surface area contributed by atoms with Gasteiger partial charge in [-0.2, -0.15) is 0 Å². The molecule has 2 saturated heterocycles. The van der Waals surface area contributed by atoms with Gasteiger partial charge >= 0.3 is 6.09 Å². The van der Waals surface area contributed by atoms with Crippen LogP contribution >= 0.6 is 11.3 Å². The number of fused-ring (bicyclic) bond motifs is 1. The molecule has 2 fully saturated rings. The lowest BCUT2D eigenvalue weighted by Gasteiger charge is -2.35. The molecular weight excluding hydrogens is 276 g/mol. The van der Waals surface area contributed by atoms with Gasteiger partial charge in [-0.05, 0) is 6.07 Å². The minimum Gasteiger partial charge on any atom is -0.447 e. The van der Waals surface area contributed by atoms with Crippen molar-refractivity contribution in [3.8, 4) is 11.8 Å². The summed E-state index contributed by atoms with van der Waals surface area (Å²) in [4.78, 5) is 16.9. The Bertz CT molecular complexity index is 560. The second kappa shape index (κ2) is 5.83. The number of cyclic esters (lactones) is 1. The summed E-state index contributed by atoms with van der Waals surface area (Å²) < 4.78 is 5.07. The van der Waals surface area contributed by atoms with E-state index < -0.39 is 0 Å². The van der Waals surface area contributed by atoms with Crippen molar-refractivity contribution < 1.29 is 14.6 Å². The molecule has 1 N–H and O–H groups in total. The second-order valence-corrected chi connectivity index (χ2v) is 5.92. The Morgan fingerprint density at radius 2 is 2.40 bits per heavy atom. The van der Waals surface area contributed by atoms with Gasteiger partial charge < -0.3 is 9.84 Å². The van der Waals surface area contributed by atoms with E-state index in [9.17, 15) is 4.79 Å². The number of hydrogen-bond donors (Lipinski definition) is 1. The fourth-order valence-corrected chi connectivity index (χ4v) is 3.45. The van der Waals surface area contributed by atoms with Gasteiger partial charge in [-0.25, -0.2) is 4.79 Å². The van der Waals surface area contributed by atoms with Gasteiger partial charge in [-0.15, -0.1) is 11.3 Å². The molecule has 0 radical (unpaired) electrons. The monoisotopic (exact) mass is 292 g/mol. The second-order valence-electron chi connectivity index (χ2n) is 4.92. The number of aliphatic hydroxyl groups excluding tert-OH is 1. The average Bonchev–Trinajstić information content (AvgIpc) is 3.04. The van der Waals surface area contributed by atoms with E-state index in [2.05, 4.69) is 22.8 Å². The fraction of sp³-hybridized carbons (Fsp3) is 0.500. The highest BCUT2D eigenvalue weighted by Gasteiger charge is 2.37. The summed E-state index contributed by atoms with van der Waals surface area (Å²) in [6.45, 7) is 3.76. The maximum Gasteiger partial charge on any atom is 0.410 e. The van der Waals surface area contributed by atoms with Crippen molar-refractivity contribution >= 4 is 17.4 Å². The molecule has 5 nitrogen and oxygen atoms in total. The Morgan fingerprint density at radius 1 is 1.50 bits per heavy atom. The minimum absolute atomic E-state index is 0.108. The van der Waals surface area contributed by atoms with E-state index in [1.165, 1.54) is 4.88 Å². The maximum absolute atomic E-state index is 11.4. The van der Waals surface area contributed by atoms with Gasteiger partial charge in [0.05, 0.1) is 6.04 Å². The van der Waals surface area contributed by atoms with Crippen LogP contribution in [-0.4, -0.2) is 59.9 Å². The van der Waals surface area contributed by atoms with Gasteiger partial charge in [0.1, 0.15) is 13.2 Å².